The first-order valence-electron chi connectivity index (χ1n) is 13.7. The maximum absolute atomic E-state index is 13.7. The summed E-state index contributed by atoms with van der Waals surface area (Å²) >= 11 is 0. The molecule has 42 heavy (non-hydrogen) atoms. The molecule has 0 amide bonds. The lowest BCUT2D eigenvalue weighted by Crippen LogP contribution is -2.29. The summed E-state index contributed by atoms with van der Waals surface area (Å²) in [6, 6.07) is 26.6. The molecule has 7 heteroatoms. The quantitative estimate of drug-likeness (QED) is 0.189. The van der Waals surface area contributed by atoms with Gasteiger partial charge in [0.1, 0.15) is 12.2 Å². The van der Waals surface area contributed by atoms with E-state index in [4.69, 9.17) is 9.47 Å². The van der Waals surface area contributed by atoms with Gasteiger partial charge in [-0.2, -0.15) is 0 Å². The van der Waals surface area contributed by atoms with Crippen LogP contribution in [-0.2, 0) is 16.1 Å². The van der Waals surface area contributed by atoms with E-state index in [0.29, 0.717) is 11.3 Å². The van der Waals surface area contributed by atoms with E-state index in [1.165, 1.54) is 4.57 Å². The lowest BCUT2D eigenvalue weighted by atomic mass is 10.1. The van der Waals surface area contributed by atoms with Crippen molar-refractivity contribution in [2.75, 3.05) is 38.0 Å². The molecule has 0 atom stereocenters. The number of esters is 1. The number of carbonyl (C=O) groups is 2. The Hall–Kier alpha value is -4.96. The molecule has 0 saturated heterocycles. The van der Waals surface area contributed by atoms with Crippen molar-refractivity contribution in [1.29, 1.82) is 0 Å². The van der Waals surface area contributed by atoms with Gasteiger partial charge in [0.2, 0.25) is 0 Å². The molecule has 0 radical (unpaired) electrons. The van der Waals surface area contributed by atoms with Gasteiger partial charge in [-0.25, -0.2) is 14.2 Å². The van der Waals surface area contributed by atoms with Gasteiger partial charge in [0.25, 0.3) is 0 Å². The van der Waals surface area contributed by atoms with Crippen LogP contribution in [0, 0.1) is 11.8 Å². The average molecular weight is 564 g/mol. The highest BCUT2D eigenvalue weighted by molar-refractivity contribution is 5.98. The summed E-state index contributed by atoms with van der Waals surface area (Å²) in [4.78, 5) is 31.4. The molecule has 1 aromatic heterocycles. The molecule has 216 valence electrons. The highest BCUT2D eigenvalue weighted by Gasteiger charge is 2.30. The number of anilines is 2. The molecule has 0 aliphatic heterocycles. The van der Waals surface area contributed by atoms with E-state index in [1.807, 2.05) is 117 Å². The summed E-state index contributed by atoms with van der Waals surface area (Å²) in [5.74, 6) is 5.61. The van der Waals surface area contributed by atoms with Gasteiger partial charge in [-0.05, 0) is 74.4 Å². The van der Waals surface area contributed by atoms with E-state index in [9.17, 15) is 9.59 Å². The van der Waals surface area contributed by atoms with Crippen molar-refractivity contribution < 1.29 is 19.1 Å². The van der Waals surface area contributed by atoms with Crippen LogP contribution in [0.1, 0.15) is 48.0 Å². The standard InChI is InChI=1S/C35H37N3O4/c1-35(2,3)42-34(40)38-31(27-17-21-30(22-18-27)37(6)7)23-28(16-13-25-14-19-29(20-15-25)36(4)5)32(38)33(39)41-24-26-11-9-8-10-12-26/h8-12,14-15,17-23H,24H2,1-7H3. The van der Waals surface area contributed by atoms with Crippen LogP contribution in [0.5, 0.6) is 0 Å². The van der Waals surface area contributed by atoms with Crippen LogP contribution in [-0.4, -0.2) is 50.4 Å². The molecule has 4 rings (SSSR count). The van der Waals surface area contributed by atoms with Gasteiger partial charge in [-0.1, -0.05) is 54.3 Å². The highest BCUT2D eigenvalue weighted by atomic mass is 16.6. The third-order valence-corrected chi connectivity index (χ3v) is 6.39. The van der Waals surface area contributed by atoms with E-state index < -0.39 is 17.7 Å². The number of benzene rings is 3. The van der Waals surface area contributed by atoms with Gasteiger partial charge in [0.05, 0.1) is 11.3 Å². The Morgan fingerprint density at radius 3 is 1.90 bits per heavy atom. The molecule has 0 saturated carbocycles. The Bertz CT molecular complexity index is 1600. The summed E-state index contributed by atoms with van der Waals surface area (Å²) in [5, 5.41) is 0. The molecule has 1 heterocycles. The van der Waals surface area contributed by atoms with Crippen LogP contribution >= 0.6 is 0 Å². The molecule has 0 unspecified atom stereocenters. The summed E-state index contributed by atoms with van der Waals surface area (Å²) in [6.45, 7) is 5.40. The van der Waals surface area contributed by atoms with Crippen molar-refractivity contribution in [2.24, 2.45) is 0 Å². The molecule has 0 bridgehead atoms. The van der Waals surface area contributed by atoms with E-state index in [1.54, 1.807) is 26.8 Å². The third-order valence-electron chi connectivity index (χ3n) is 6.39. The van der Waals surface area contributed by atoms with Crippen molar-refractivity contribution in [3.63, 3.8) is 0 Å². The lowest BCUT2D eigenvalue weighted by Gasteiger charge is -2.21. The third kappa shape index (κ3) is 7.41. The predicted molar refractivity (Wildman–Crippen MR) is 168 cm³/mol. The zero-order valence-corrected chi connectivity index (χ0v) is 25.3. The minimum absolute atomic E-state index is 0.0179. The molecule has 0 aliphatic rings. The lowest BCUT2D eigenvalue weighted by molar-refractivity contribution is 0.0416. The fourth-order valence-electron chi connectivity index (χ4n) is 4.22. The van der Waals surface area contributed by atoms with Gasteiger partial charge in [0.15, 0.2) is 5.69 Å². The van der Waals surface area contributed by atoms with Crippen LogP contribution in [0.3, 0.4) is 0 Å². The van der Waals surface area contributed by atoms with Gasteiger partial charge in [0, 0.05) is 45.1 Å². The molecule has 3 aromatic carbocycles. The van der Waals surface area contributed by atoms with Crippen LogP contribution in [0.2, 0.25) is 0 Å². The number of aromatic nitrogens is 1. The smallest absolute Gasteiger partial charge is 0.419 e. The topological polar surface area (TPSA) is 64.0 Å². The SMILES string of the molecule is CN(C)c1ccc(C#Cc2cc(-c3ccc(N(C)C)cc3)n(C(=O)OC(C)(C)C)c2C(=O)OCc2ccccc2)cc1. The highest BCUT2D eigenvalue weighted by Crippen LogP contribution is 2.30. The minimum Gasteiger partial charge on any atom is -0.456 e. The largest absolute Gasteiger partial charge is 0.456 e. The Balaban J connectivity index is 1.86. The molecule has 0 aliphatic carbocycles. The van der Waals surface area contributed by atoms with Crippen LogP contribution in [0.15, 0.2) is 84.9 Å². The van der Waals surface area contributed by atoms with Gasteiger partial charge in [-0.3, -0.25) is 0 Å². The van der Waals surface area contributed by atoms with Gasteiger partial charge >= 0.3 is 12.1 Å². The van der Waals surface area contributed by atoms with E-state index >= 15 is 0 Å². The molecular weight excluding hydrogens is 526 g/mol. The number of hydrogen-bond donors (Lipinski definition) is 0. The number of ether oxygens (including phenoxy) is 2. The van der Waals surface area contributed by atoms with Crippen molar-refractivity contribution >= 4 is 23.4 Å². The maximum Gasteiger partial charge on any atom is 0.419 e. The zero-order chi connectivity index (χ0) is 30.4. The first-order valence-corrected chi connectivity index (χ1v) is 13.7. The molecule has 0 N–H and O–H groups in total. The van der Waals surface area contributed by atoms with Gasteiger partial charge in [-0.15, -0.1) is 0 Å². The average Bonchev–Trinajstić information content (AvgIpc) is 3.34. The maximum atomic E-state index is 13.7. The Morgan fingerprint density at radius 2 is 1.36 bits per heavy atom. The molecule has 0 fully saturated rings. The zero-order valence-electron chi connectivity index (χ0n) is 25.3. The number of hydrogen-bond acceptors (Lipinski definition) is 6. The first kappa shape index (κ1) is 30.0. The number of rotatable bonds is 6. The van der Waals surface area contributed by atoms with Gasteiger partial charge < -0.3 is 19.3 Å². The normalized spacial score (nSPS) is 10.8. The predicted octanol–water partition coefficient (Wildman–Crippen LogP) is 6.83. The number of nitrogens with zero attached hydrogens (tertiary/aromatic N) is 3. The molecular formula is C35H37N3O4. The van der Waals surface area contributed by atoms with Crippen molar-refractivity contribution in [2.45, 2.75) is 33.0 Å². The fourth-order valence-corrected chi connectivity index (χ4v) is 4.22. The molecule has 4 aromatic rings. The second-order valence-electron chi connectivity index (χ2n) is 11.3. The second kappa shape index (κ2) is 12.7. The molecule has 0 spiro atoms. The Morgan fingerprint density at radius 1 is 0.786 bits per heavy atom. The summed E-state index contributed by atoms with van der Waals surface area (Å²) < 4.78 is 12.8. The van der Waals surface area contributed by atoms with Crippen LogP contribution in [0.4, 0.5) is 16.2 Å². The van der Waals surface area contributed by atoms with Crippen molar-refractivity contribution in [3.8, 4) is 23.1 Å². The molecule has 7 nitrogen and oxygen atoms in total. The van der Waals surface area contributed by atoms with Crippen LogP contribution < -0.4 is 9.80 Å². The Kier molecular flexibility index (Phi) is 9.07. The summed E-state index contributed by atoms with van der Waals surface area (Å²) in [5.41, 5.74) is 4.44. The first-order chi connectivity index (χ1) is 19.9. The van der Waals surface area contributed by atoms with Crippen molar-refractivity contribution in [3.05, 3.63) is 107 Å². The monoisotopic (exact) mass is 563 g/mol. The fraction of sp³-hybridized carbons (Fsp3) is 0.257. The van der Waals surface area contributed by atoms with E-state index in [0.717, 1.165) is 28.1 Å². The number of carbonyl (C=O) groups excluding carboxylic acids is 2. The minimum atomic E-state index is -0.793. The second-order valence-corrected chi connectivity index (χ2v) is 11.3. The van der Waals surface area contributed by atoms with E-state index in [2.05, 4.69) is 11.8 Å². The van der Waals surface area contributed by atoms with E-state index in [-0.39, 0.29) is 12.3 Å². The Labute approximate surface area is 248 Å². The van der Waals surface area contributed by atoms with Crippen LogP contribution in [0.25, 0.3) is 11.3 Å². The summed E-state index contributed by atoms with van der Waals surface area (Å²) in [7, 11) is 7.86. The summed E-state index contributed by atoms with van der Waals surface area (Å²) in [6.07, 6.45) is -0.691. The van der Waals surface area contributed by atoms with Crippen molar-refractivity contribution in [1.82, 2.24) is 4.57 Å².